The first-order valence-corrected chi connectivity index (χ1v) is 7.39. The van der Waals surface area contributed by atoms with Crippen LogP contribution in [0.2, 0.25) is 0 Å². The van der Waals surface area contributed by atoms with E-state index in [1.54, 1.807) is 35.6 Å². The average molecular weight is 282 g/mol. The highest BCUT2D eigenvalue weighted by Crippen LogP contribution is 2.13. The molecule has 0 amide bonds. The van der Waals surface area contributed by atoms with Crippen molar-refractivity contribution in [1.29, 1.82) is 0 Å². The zero-order chi connectivity index (χ0) is 12.6. The van der Waals surface area contributed by atoms with E-state index >= 15 is 0 Å². The molecule has 6 nitrogen and oxygen atoms in total. The van der Waals surface area contributed by atoms with E-state index in [1.165, 1.54) is 0 Å². The smallest absolute Gasteiger partial charge is 0.194 e. The van der Waals surface area contributed by atoms with E-state index < -0.39 is 0 Å². The lowest BCUT2D eigenvalue weighted by atomic mass is 10.7. The highest BCUT2D eigenvalue weighted by atomic mass is 32.2. The van der Waals surface area contributed by atoms with Gasteiger partial charge in [0.05, 0.1) is 19.1 Å². The van der Waals surface area contributed by atoms with Crippen LogP contribution in [0.1, 0.15) is 5.01 Å². The van der Waals surface area contributed by atoms with Gasteiger partial charge < -0.3 is 16.0 Å². The van der Waals surface area contributed by atoms with Crippen LogP contribution >= 0.6 is 23.1 Å². The number of imidazole rings is 1. The zero-order valence-electron chi connectivity index (χ0n) is 9.67. The highest BCUT2D eigenvalue weighted by Gasteiger charge is 1.97. The molecule has 0 aliphatic carbocycles. The molecule has 8 heteroatoms. The molecule has 0 unspecified atom stereocenters. The third-order valence-corrected chi connectivity index (χ3v) is 3.90. The Balaban J connectivity index is 1.62. The fourth-order valence-electron chi connectivity index (χ4n) is 1.22. The summed E-state index contributed by atoms with van der Waals surface area (Å²) in [5, 5.41) is 6.05. The Hall–Kier alpha value is -1.54. The number of thioether (sulfide) groups is 1. The van der Waals surface area contributed by atoms with Crippen molar-refractivity contribution < 1.29 is 0 Å². The monoisotopic (exact) mass is 282 g/mol. The summed E-state index contributed by atoms with van der Waals surface area (Å²) in [6.07, 6.45) is 5.06. The van der Waals surface area contributed by atoms with Crippen molar-refractivity contribution in [2.45, 2.75) is 5.75 Å². The Morgan fingerprint density at radius 2 is 2.56 bits per heavy atom. The number of hydrogen-bond donors (Lipinski definition) is 3. The van der Waals surface area contributed by atoms with Crippen molar-refractivity contribution >= 4 is 34.9 Å². The van der Waals surface area contributed by atoms with Crippen LogP contribution in [-0.2, 0) is 5.75 Å². The van der Waals surface area contributed by atoms with Crippen LogP contribution < -0.4 is 11.1 Å². The van der Waals surface area contributed by atoms with Crippen LogP contribution in [0.25, 0.3) is 0 Å². The quantitative estimate of drug-likeness (QED) is 0.424. The van der Waals surface area contributed by atoms with Crippen LogP contribution in [0, 0.1) is 0 Å². The molecule has 2 rings (SSSR count). The van der Waals surface area contributed by atoms with Gasteiger partial charge in [0, 0.05) is 23.1 Å². The van der Waals surface area contributed by atoms with Crippen molar-refractivity contribution in [3.8, 4) is 0 Å². The van der Waals surface area contributed by atoms with Gasteiger partial charge >= 0.3 is 0 Å². The second kappa shape index (κ2) is 7.02. The Bertz CT molecular complexity index is 465. The number of thiazole rings is 1. The standard InChI is InChI=1S/C10H14N6S2/c11-10(16-8-5-12-7-15-8)14-1-3-17-6-9-13-2-4-18-9/h2,4-5,7H,1,3,6H2,(H,12,15)(H3,11,14,16). The maximum Gasteiger partial charge on any atom is 0.194 e. The maximum atomic E-state index is 5.71. The molecule has 2 aromatic heterocycles. The Morgan fingerprint density at radius 1 is 1.61 bits per heavy atom. The van der Waals surface area contributed by atoms with E-state index in [2.05, 4.69) is 25.3 Å². The SMILES string of the molecule is NC(=NCCSCc1nccs1)Nc1cnc[nH]1. The second-order valence-corrected chi connectivity index (χ2v) is 5.42. The molecule has 0 saturated heterocycles. The molecule has 2 aromatic rings. The second-order valence-electron chi connectivity index (χ2n) is 3.34. The number of H-pyrrole nitrogens is 1. The number of aromatic nitrogens is 3. The number of aliphatic imine (C=N–C) groups is 1. The van der Waals surface area contributed by atoms with E-state index in [1.807, 2.05) is 11.6 Å². The number of hydrogen-bond acceptors (Lipinski definition) is 5. The van der Waals surface area contributed by atoms with E-state index in [0.717, 1.165) is 22.3 Å². The molecule has 0 radical (unpaired) electrons. The normalized spacial score (nSPS) is 11.7. The summed E-state index contributed by atoms with van der Waals surface area (Å²) in [6, 6.07) is 0. The van der Waals surface area contributed by atoms with Crippen molar-refractivity contribution in [3.63, 3.8) is 0 Å². The topological polar surface area (TPSA) is 92.0 Å². The lowest BCUT2D eigenvalue weighted by Gasteiger charge is -2.02. The van der Waals surface area contributed by atoms with Gasteiger partial charge in [0.2, 0.25) is 0 Å². The Kier molecular flexibility index (Phi) is 5.03. The number of guanidine groups is 1. The number of aromatic amines is 1. The molecular formula is C10H14N6S2. The van der Waals surface area contributed by atoms with Gasteiger partial charge in [-0.15, -0.1) is 11.3 Å². The van der Waals surface area contributed by atoms with Crippen LogP contribution in [0.5, 0.6) is 0 Å². The number of nitrogens with two attached hydrogens (primary N) is 1. The largest absolute Gasteiger partial charge is 0.370 e. The summed E-state index contributed by atoms with van der Waals surface area (Å²) in [5.74, 6) is 2.99. The summed E-state index contributed by atoms with van der Waals surface area (Å²) >= 11 is 3.47. The maximum absolute atomic E-state index is 5.71. The predicted molar refractivity (Wildman–Crippen MR) is 77.0 cm³/mol. The zero-order valence-corrected chi connectivity index (χ0v) is 11.3. The average Bonchev–Trinajstić information content (AvgIpc) is 3.01. The molecule has 0 aliphatic rings. The predicted octanol–water partition coefficient (Wildman–Crippen LogP) is 1.53. The first-order chi connectivity index (χ1) is 8.84. The molecule has 4 N–H and O–H groups in total. The van der Waals surface area contributed by atoms with Crippen LogP contribution in [0.3, 0.4) is 0 Å². The molecule has 0 aromatic carbocycles. The molecule has 96 valence electrons. The Labute approximate surface area is 113 Å². The van der Waals surface area contributed by atoms with Gasteiger partial charge in [-0.3, -0.25) is 4.99 Å². The van der Waals surface area contributed by atoms with Crippen LogP contribution in [0.15, 0.2) is 29.1 Å². The lowest BCUT2D eigenvalue weighted by molar-refractivity contribution is 1.13. The highest BCUT2D eigenvalue weighted by molar-refractivity contribution is 7.98. The van der Waals surface area contributed by atoms with Gasteiger partial charge in [0.1, 0.15) is 10.8 Å². The van der Waals surface area contributed by atoms with Gasteiger partial charge in [-0.1, -0.05) is 0 Å². The molecule has 0 bridgehead atoms. The number of rotatable bonds is 6. The fourth-order valence-corrected chi connectivity index (χ4v) is 2.75. The molecule has 0 atom stereocenters. The molecule has 2 heterocycles. The van der Waals surface area contributed by atoms with Crippen molar-refractivity contribution in [3.05, 3.63) is 29.1 Å². The minimum absolute atomic E-state index is 0.397. The number of nitrogens with one attached hydrogen (secondary N) is 2. The molecule has 0 saturated carbocycles. The van der Waals surface area contributed by atoms with E-state index in [9.17, 15) is 0 Å². The van der Waals surface area contributed by atoms with Gasteiger partial charge in [-0.2, -0.15) is 11.8 Å². The number of nitrogens with zero attached hydrogens (tertiary/aromatic N) is 3. The van der Waals surface area contributed by atoms with Crippen molar-refractivity contribution in [2.75, 3.05) is 17.6 Å². The summed E-state index contributed by atoms with van der Waals surface area (Å²) in [4.78, 5) is 15.2. The number of anilines is 1. The molecule has 0 spiro atoms. The van der Waals surface area contributed by atoms with Crippen LogP contribution in [-0.4, -0.2) is 33.2 Å². The van der Waals surface area contributed by atoms with E-state index in [0.29, 0.717) is 12.5 Å². The van der Waals surface area contributed by atoms with Crippen LogP contribution in [0.4, 0.5) is 5.82 Å². The minimum atomic E-state index is 0.397. The third-order valence-electron chi connectivity index (χ3n) is 1.99. The molecule has 0 aliphatic heterocycles. The molecule has 18 heavy (non-hydrogen) atoms. The molecule has 0 fully saturated rings. The van der Waals surface area contributed by atoms with Crippen molar-refractivity contribution in [2.24, 2.45) is 10.7 Å². The fraction of sp³-hybridized carbons (Fsp3) is 0.300. The minimum Gasteiger partial charge on any atom is -0.370 e. The third kappa shape index (κ3) is 4.38. The first-order valence-electron chi connectivity index (χ1n) is 5.36. The Morgan fingerprint density at radius 3 is 3.28 bits per heavy atom. The summed E-state index contributed by atoms with van der Waals surface area (Å²) < 4.78 is 0. The lowest BCUT2D eigenvalue weighted by Crippen LogP contribution is -2.23. The summed E-state index contributed by atoms with van der Waals surface area (Å²) in [7, 11) is 0. The van der Waals surface area contributed by atoms with E-state index in [-0.39, 0.29) is 0 Å². The van der Waals surface area contributed by atoms with Gasteiger partial charge in [0.15, 0.2) is 5.96 Å². The van der Waals surface area contributed by atoms with Gasteiger partial charge in [0.25, 0.3) is 0 Å². The summed E-state index contributed by atoms with van der Waals surface area (Å²) in [5.41, 5.74) is 5.71. The molecular weight excluding hydrogens is 268 g/mol. The van der Waals surface area contributed by atoms with Gasteiger partial charge in [-0.25, -0.2) is 9.97 Å². The van der Waals surface area contributed by atoms with Gasteiger partial charge in [-0.05, 0) is 0 Å². The summed E-state index contributed by atoms with van der Waals surface area (Å²) in [6.45, 7) is 0.684. The first kappa shape index (κ1) is 12.9. The van der Waals surface area contributed by atoms with Crippen molar-refractivity contribution in [1.82, 2.24) is 15.0 Å². The van der Waals surface area contributed by atoms with E-state index in [4.69, 9.17) is 5.73 Å².